The molecule has 0 saturated heterocycles. The molecule has 0 aromatic heterocycles. The Hall–Kier alpha value is -1.75. The van der Waals surface area contributed by atoms with Crippen LogP contribution in [0.15, 0.2) is 12.1 Å². The third-order valence-corrected chi connectivity index (χ3v) is 2.16. The topological polar surface area (TPSA) is 62.4 Å². The molecule has 3 N–H and O–H groups in total. The van der Waals surface area contributed by atoms with Crippen molar-refractivity contribution >= 4 is 17.3 Å². The van der Waals surface area contributed by atoms with Crippen LogP contribution < -0.4 is 16.4 Å². The maximum Gasteiger partial charge on any atom is 0.338 e. The summed E-state index contributed by atoms with van der Waals surface area (Å²) in [6, 6.07) is 3.64. The Kier molecular flexibility index (Phi) is 2.01. The first-order valence-corrected chi connectivity index (χ1v) is 4.22. The number of carbonyl (C=O) groups is 1. The summed E-state index contributed by atoms with van der Waals surface area (Å²) in [4.78, 5) is 11.3. The molecule has 0 saturated carbocycles. The second-order valence-electron chi connectivity index (χ2n) is 3.08. The van der Waals surface area contributed by atoms with Crippen molar-refractivity contribution in [3.8, 4) is 0 Å². The fourth-order valence-corrected chi connectivity index (χ4v) is 1.41. The van der Waals surface area contributed by atoms with Gasteiger partial charge in [-0.3, -0.25) is 0 Å². The van der Waals surface area contributed by atoms with Crippen LogP contribution in [0.25, 0.3) is 0 Å². The lowest BCUT2D eigenvalue weighted by molar-refractivity contribution is 0.0600. The second-order valence-corrected chi connectivity index (χ2v) is 3.08. The van der Waals surface area contributed by atoms with E-state index < -0.39 is 0 Å². The summed E-state index contributed by atoms with van der Waals surface area (Å²) in [5.74, 6) is -0.320. The van der Waals surface area contributed by atoms with E-state index in [-0.39, 0.29) is 5.97 Å². The highest BCUT2D eigenvalue weighted by molar-refractivity contribution is 5.94. The van der Waals surface area contributed by atoms with Gasteiger partial charge in [0.15, 0.2) is 0 Å². The highest BCUT2D eigenvalue weighted by atomic mass is 16.5. The number of hydrazine groups is 2. The number of aryl methyl sites for hydroxylation is 1. The van der Waals surface area contributed by atoms with Crippen molar-refractivity contribution in [2.45, 2.75) is 6.92 Å². The molecule has 1 heterocycles. The van der Waals surface area contributed by atoms with Crippen LogP contribution in [0.1, 0.15) is 15.9 Å². The number of methoxy groups -OCH3 is 1. The van der Waals surface area contributed by atoms with Crippen LogP contribution in [0.3, 0.4) is 0 Å². The lowest BCUT2D eigenvalue weighted by Gasteiger charge is -2.05. The third-order valence-electron chi connectivity index (χ3n) is 2.16. The number of nitrogens with one attached hydrogen (secondary N) is 3. The molecule has 1 aliphatic rings. The van der Waals surface area contributed by atoms with Crippen molar-refractivity contribution in [2.24, 2.45) is 0 Å². The van der Waals surface area contributed by atoms with Gasteiger partial charge in [-0.05, 0) is 24.6 Å². The molecular weight excluding hydrogens is 182 g/mol. The lowest BCUT2D eigenvalue weighted by atomic mass is 10.1. The Bertz CT molecular complexity index is 390. The summed E-state index contributed by atoms with van der Waals surface area (Å²) in [6.45, 7) is 1.87. The minimum Gasteiger partial charge on any atom is -0.465 e. The van der Waals surface area contributed by atoms with Crippen LogP contribution in [0.2, 0.25) is 0 Å². The second kappa shape index (κ2) is 3.19. The Morgan fingerprint density at radius 3 is 2.57 bits per heavy atom. The fourth-order valence-electron chi connectivity index (χ4n) is 1.41. The zero-order valence-electron chi connectivity index (χ0n) is 7.97. The number of fused-ring (bicyclic) bond motifs is 1. The molecule has 74 valence electrons. The van der Waals surface area contributed by atoms with Crippen molar-refractivity contribution in [3.05, 3.63) is 23.3 Å². The van der Waals surface area contributed by atoms with Gasteiger partial charge in [0, 0.05) is 0 Å². The van der Waals surface area contributed by atoms with Crippen LogP contribution >= 0.6 is 0 Å². The zero-order chi connectivity index (χ0) is 10.1. The quantitative estimate of drug-likeness (QED) is 0.582. The van der Waals surface area contributed by atoms with Gasteiger partial charge in [-0.25, -0.2) is 4.79 Å². The summed E-state index contributed by atoms with van der Waals surface area (Å²) in [7, 11) is 1.37. The lowest BCUT2D eigenvalue weighted by Crippen LogP contribution is -2.19. The van der Waals surface area contributed by atoms with Crippen molar-refractivity contribution in [1.29, 1.82) is 0 Å². The molecule has 0 bridgehead atoms. The molecule has 0 unspecified atom stereocenters. The van der Waals surface area contributed by atoms with Gasteiger partial charge in [-0.15, -0.1) is 5.53 Å². The molecule has 5 nitrogen and oxygen atoms in total. The Balaban J connectivity index is 2.47. The number of hydrogen-bond donors (Lipinski definition) is 3. The van der Waals surface area contributed by atoms with E-state index in [9.17, 15) is 4.79 Å². The minimum absolute atomic E-state index is 0.320. The first-order valence-electron chi connectivity index (χ1n) is 4.22. The van der Waals surface area contributed by atoms with Gasteiger partial charge in [0.2, 0.25) is 0 Å². The zero-order valence-corrected chi connectivity index (χ0v) is 7.97. The van der Waals surface area contributed by atoms with Crippen LogP contribution in [-0.4, -0.2) is 13.1 Å². The van der Waals surface area contributed by atoms with E-state index in [0.717, 1.165) is 16.9 Å². The number of rotatable bonds is 1. The molecule has 1 aromatic rings. The maximum absolute atomic E-state index is 11.3. The van der Waals surface area contributed by atoms with Crippen LogP contribution in [0.5, 0.6) is 0 Å². The molecule has 5 heteroatoms. The molecule has 1 aliphatic heterocycles. The van der Waals surface area contributed by atoms with E-state index in [1.54, 1.807) is 6.07 Å². The standard InChI is InChI=1S/C9H11N3O2/c1-5-3-7-8(11-12-10-7)4-6(5)9(13)14-2/h3-4,10-12H,1-2H3. The van der Waals surface area contributed by atoms with Crippen molar-refractivity contribution in [2.75, 3.05) is 18.0 Å². The average molecular weight is 193 g/mol. The van der Waals surface area contributed by atoms with Gasteiger partial charge < -0.3 is 15.6 Å². The van der Waals surface area contributed by atoms with Crippen LogP contribution in [0.4, 0.5) is 11.4 Å². The number of anilines is 2. The Morgan fingerprint density at radius 2 is 1.93 bits per heavy atom. The molecular formula is C9H11N3O2. The van der Waals surface area contributed by atoms with Gasteiger partial charge in [-0.2, -0.15) is 0 Å². The third kappa shape index (κ3) is 1.27. The number of carbonyl (C=O) groups excluding carboxylic acids is 1. The van der Waals surface area contributed by atoms with Crippen LogP contribution in [0, 0.1) is 6.92 Å². The molecule has 0 fully saturated rings. The Labute approximate surface area is 81.4 Å². The van der Waals surface area contributed by atoms with Gasteiger partial charge in [0.25, 0.3) is 0 Å². The summed E-state index contributed by atoms with van der Waals surface area (Å²) >= 11 is 0. The monoisotopic (exact) mass is 193 g/mol. The van der Waals surface area contributed by atoms with E-state index in [2.05, 4.69) is 21.1 Å². The Morgan fingerprint density at radius 1 is 1.29 bits per heavy atom. The molecule has 0 atom stereocenters. The molecule has 0 radical (unpaired) electrons. The normalized spacial score (nSPS) is 12.7. The van der Waals surface area contributed by atoms with E-state index in [1.807, 2.05) is 13.0 Å². The molecule has 14 heavy (non-hydrogen) atoms. The SMILES string of the molecule is COC(=O)c1cc2c(cc1C)NNN2. The van der Waals surface area contributed by atoms with Crippen molar-refractivity contribution in [1.82, 2.24) is 5.53 Å². The summed E-state index contributed by atoms with van der Waals surface area (Å²) in [5, 5.41) is 0. The van der Waals surface area contributed by atoms with Gasteiger partial charge in [0.05, 0.1) is 24.0 Å². The number of esters is 1. The predicted octanol–water partition coefficient (Wildman–Crippen LogP) is 1.04. The van der Waals surface area contributed by atoms with E-state index in [1.165, 1.54) is 7.11 Å². The number of ether oxygens (including phenoxy) is 1. The maximum atomic E-state index is 11.3. The highest BCUT2D eigenvalue weighted by Crippen LogP contribution is 2.28. The largest absolute Gasteiger partial charge is 0.465 e. The van der Waals surface area contributed by atoms with Gasteiger partial charge in [-0.1, -0.05) is 0 Å². The van der Waals surface area contributed by atoms with Gasteiger partial charge in [0.1, 0.15) is 0 Å². The molecule has 0 aliphatic carbocycles. The molecule has 0 spiro atoms. The van der Waals surface area contributed by atoms with E-state index in [0.29, 0.717) is 5.56 Å². The minimum atomic E-state index is -0.320. The molecule has 2 rings (SSSR count). The van der Waals surface area contributed by atoms with E-state index in [4.69, 9.17) is 0 Å². The summed E-state index contributed by atoms with van der Waals surface area (Å²) in [5.41, 5.74) is 11.8. The first-order chi connectivity index (χ1) is 6.72. The van der Waals surface area contributed by atoms with E-state index >= 15 is 0 Å². The fraction of sp³-hybridized carbons (Fsp3) is 0.222. The number of benzene rings is 1. The predicted molar refractivity (Wildman–Crippen MR) is 52.9 cm³/mol. The van der Waals surface area contributed by atoms with Crippen molar-refractivity contribution < 1.29 is 9.53 Å². The van der Waals surface area contributed by atoms with Crippen LogP contribution in [-0.2, 0) is 4.74 Å². The smallest absolute Gasteiger partial charge is 0.338 e. The van der Waals surface area contributed by atoms with Gasteiger partial charge >= 0.3 is 5.97 Å². The summed E-state index contributed by atoms with van der Waals surface area (Å²) in [6.07, 6.45) is 0. The number of hydrogen-bond acceptors (Lipinski definition) is 5. The highest BCUT2D eigenvalue weighted by Gasteiger charge is 2.16. The van der Waals surface area contributed by atoms with Crippen molar-refractivity contribution in [3.63, 3.8) is 0 Å². The summed E-state index contributed by atoms with van der Waals surface area (Å²) < 4.78 is 4.67. The molecule has 0 amide bonds. The average Bonchev–Trinajstić information content (AvgIpc) is 2.62. The first kappa shape index (κ1) is 8.83. The molecule has 1 aromatic carbocycles.